The molecule has 0 spiro atoms. The standard InChI is InChI=1S/C23H31N7O3/c1-23(2,3)33-17-6-4-16(5-7-17)32-22-18-12-15(21-26-28-29-27-21)14-24-19(18)13-20(25-22)30-8-10-31-11-9-30/h12-14,16-17H,4-11H2,1-3H3,(H,26,27,28,29). The van der Waals surface area contributed by atoms with Crippen molar-refractivity contribution in [2.24, 2.45) is 0 Å². The lowest BCUT2D eigenvalue weighted by Crippen LogP contribution is -2.37. The van der Waals surface area contributed by atoms with Crippen LogP contribution in [0.3, 0.4) is 0 Å². The van der Waals surface area contributed by atoms with Gasteiger partial charge in [0.25, 0.3) is 0 Å². The second kappa shape index (κ2) is 9.18. The van der Waals surface area contributed by atoms with Gasteiger partial charge in [-0.25, -0.2) is 0 Å². The summed E-state index contributed by atoms with van der Waals surface area (Å²) in [6.07, 6.45) is 5.96. The highest BCUT2D eigenvalue weighted by atomic mass is 16.5. The van der Waals surface area contributed by atoms with E-state index < -0.39 is 0 Å². The highest BCUT2D eigenvalue weighted by molar-refractivity contribution is 5.88. The number of rotatable bonds is 5. The SMILES string of the molecule is CC(C)(C)OC1CCC(Oc2nc(N3CCOCC3)cc3ncc(-c4nn[nH]n4)cc23)CC1. The van der Waals surface area contributed by atoms with Crippen molar-refractivity contribution in [3.8, 4) is 17.3 Å². The number of H-pyrrole nitrogens is 1. The summed E-state index contributed by atoms with van der Waals surface area (Å²) in [5.41, 5.74) is 1.47. The van der Waals surface area contributed by atoms with E-state index in [2.05, 4.69) is 51.3 Å². The molecule has 1 saturated heterocycles. The monoisotopic (exact) mass is 453 g/mol. The maximum absolute atomic E-state index is 6.52. The average Bonchev–Trinajstić information content (AvgIpc) is 3.35. The molecule has 1 N–H and O–H groups in total. The van der Waals surface area contributed by atoms with Crippen molar-refractivity contribution in [3.63, 3.8) is 0 Å². The fourth-order valence-electron chi connectivity index (χ4n) is 4.46. The first-order chi connectivity index (χ1) is 15.9. The normalized spacial score (nSPS) is 22.0. The number of morpholine rings is 1. The lowest BCUT2D eigenvalue weighted by atomic mass is 9.94. The minimum absolute atomic E-state index is 0.0919. The van der Waals surface area contributed by atoms with E-state index >= 15 is 0 Å². The Morgan fingerprint density at radius 1 is 1.06 bits per heavy atom. The van der Waals surface area contributed by atoms with E-state index in [1.165, 1.54) is 0 Å². The Hall–Kier alpha value is -2.85. The molecule has 4 heterocycles. The molecule has 3 aromatic rings. The number of ether oxygens (including phenoxy) is 3. The summed E-state index contributed by atoms with van der Waals surface area (Å²) in [5, 5.41) is 15.2. The Morgan fingerprint density at radius 2 is 1.82 bits per heavy atom. The number of aromatic nitrogens is 6. The summed E-state index contributed by atoms with van der Waals surface area (Å²) in [7, 11) is 0. The molecule has 2 fully saturated rings. The number of fused-ring (bicyclic) bond motifs is 1. The van der Waals surface area contributed by atoms with Gasteiger partial charge in [0.05, 0.1) is 35.8 Å². The van der Waals surface area contributed by atoms with Gasteiger partial charge in [0.15, 0.2) is 0 Å². The predicted molar refractivity (Wildman–Crippen MR) is 123 cm³/mol. The minimum Gasteiger partial charge on any atom is -0.474 e. The van der Waals surface area contributed by atoms with Crippen molar-refractivity contribution in [3.05, 3.63) is 18.3 Å². The topological polar surface area (TPSA) is 111 Å². The molecule has 0 atom stereocenters. The molecule has 1 saturated carbocycles. The molecule has 0 aromatic carbocycles. The van der Waals surface area contributed by atoms with Crippen molar-refractivity contribution in [2.75, 3.05) is 31.2 Å². The Bertz CT molecular complexity index is 1070. The van der Waals surface area contributed by atoms with Gasteiger partial charge in [-0.1, -0.05) is 0 Å². The number of hydrogen-bond acceptors (Lipinski definition) is 9. The quantitative estimate of drug-likeness (QED) is 0.622. The second-order valence-corrected chi connectivity index (χ2v) is 9.66. The third kappa shape index (κ3) is 5.22. The first-order valence-electron chi connectivity index (χ1n) is 11.7. The number of hydrogen-bond donors (Lipinski definition) is 1. The lowest BCUT2D eigenvalue weighted by Gasteiger charge is -2.33. The summed E-state index contributed by atoms with van der Waals surface area (Å²) in [5.74, 6) is 1.96. The average molecular weight is 454 g/mol. The molecule has 5 rings (SSSR count). The molecule has 10 nitrogen and oxygen atoms in total. The maximum Gasteiger partial charge on any atom is 0.225 e. The smallest absolute Gasteiger partial charge is 0.225 e. The molecule has 33 heavy (non-hydrogen) atoms. The van der Waals surface area contributed by atoms with Gasteiger partial charge in [-0.2, -0.15) is 10.2 Å². The Morgan fingerprint density at radius 3 is 2.52 bits per heavy atom. The molecular weight excluding hydrogens is 422 g/mol. The fourth-order valence-corrected chi connectivity index (χ4v) is 4.46. The van der Waals surface area contributed by atoms with Gasteiger partial charge in [-0.3, -0.25) is 4.98 Å². The van der Waals surface area contributed by atoms with Crippen LogP contribution >= 0.6 is 0 Å². The maximum atomic E-state index is 6.52. The zero-order valence-electron chi connectivity index (χ0n) is 19.5. The highest BCUT2D eigenvalue weighted by Gasteiger charge is 2.27. The van der Waals surface area contributed by atoms with Crippen LogP contribution in [0.1, 0.15) is 46.5 Å². The first-order valence-corrected chi connectivity index (χ1v) is 11.7. The van der Waals surface area contributed by atoms with E-state index in [1.807, 2.05) is 12.1 Å². The van der Waals surface area contributed by atoms with Crippen LogP contribution in [0, 0.1) is 0 Å². The van der Waals surface area contributed by atoms with Crippen LogP contribution in [0.5, 0.6) is 5.88 Å². The van der Waals surface area contributed by atoms with Gasteiger partial charge in [0, 0.05) is 30.9 Å². The lowest BCUT2D eigenvalue weighted by molar-refractivity contribution is -0.0833. The Balaban J connectivity index is 1.42. The number of anilines is 1. The zero-order chi connectivity index (χ0) is 22.8. The summed E-state index contributed by atoms with van der Waals surface area (Å²) in [6, 6.07) is 3.99. The van der Waals surface area contributed by atoms with Gasteiger partial charge in [0.1, 0.15) is 11.9 Å². The predicted octanol–water partition coefficient (Wildman–Crippen LogP) is 3.15. The summed E-state index contributed by atoms with van der Waals surface area (Å²) < 4.78 is 18.2. The van der Waals surface area contributed by atoms with E-state index in [9.17, 15) is 0 Å². The molecule has 0 unspecified atom stereocenters. The van der Waals surface area contributed by atoms with Crippen molar-refractivity contribution < 1.29 is 14.2 Å². The number of aromatic amines is 1. The van der Waals surface area contributed by atoms with Crippen molar-refractivity contribution in [1.82, 2.24) is 30.6 Å². The summed E-state index contributed by atoms with van der Waals surface area (Å²) in [4.78, 5) is 11.8. The summed E-state index contributed by atoms with van der Waals surface area (Å²) in [6.45, 7) is 9.31. The molecule has 0 amide bonds. The number of pyridine rings is 2. The van der Waals surface area contributed by atoms with Gasteiger partial charge in [-0.05, 0) is 57.7 Å². The molecule has 3 aromatic heterocycles. The number of nitrogens with one attached hydrogen (secondary N) is 1. The van der Waals surface area contributed by atoms with Crippen LogP contribution in [0.15, 0.2) is 18.3 Å². The Kier molecular flexibility index (Phi) is 6.11. The van der Waals surface area contributed by atoms with E-state index in [0.29, 0.717) is 24.9 Å². The highest BCUT2D eigenvalue weighted by Crippen LogP contribution is 2.33. The van der Waals surface area contributed by atoms with Gasteiger partial charge >= 0.3 is 0 Å². The van der Waals surface area contributed by atoms with E-state index in [1.54, 1.807) is 6.20 Å². The number of nitrogens with zero attached hydrogens (tertiary/aromatic N) is 6. The van der Waals surface area contributed by atoms with Crippen LogP contribution in [-0.2, 0) is 9.47 Å². The first kappa shape index (κ1) is 22.0. The molecule has 10 heteroatoms. The van der Waals surface area contributed by atoms with Crippen molar-refractivity contribution in [1.29, 1.82) is 0 Å². The fraction of sp³-hybridized carbons (Fsp3) is 0.609. The molecule has 0 bridgehead atoms. The van der Waals surface area contributed by atoms with Crippen LogP contribution in [0.25, 0.3) is 22.3 Å². The third-order valence-electron chi connectivity index (χ3n) is 5.99. The van der Waals surface area contributed by atoms with E-state index in [-0.39, 0.29) is 17.8 Å². The molecule has 0 radical (unpaired) electrons. The molecular formula is C23H31N7O3. The largest absolute Gasteiger partial charge is 0.474 e. The molecule has 2 aliphatic rings. The van der Waals surface area contributed by atoms with Crippen LogP contribution in [-0.4, -0.2) is 74.7 Å². The molecule has 176 valence electrons. The molecule has 1 aliphatic heterocycles. The van der Waals surface area contributed by atoms with E-state index in [0.717, 1.165) is 61.1 Å². The second-order valence-electron chi connectivity index (χ2n) is 9.66. The summed E-state index contributed by atoms with van der Waals surface area (Å²) >= 11 is 0. The zero-order valence-corrected chi connectivity index (χ0v) is 19.5. The molecule has 1 aliphatic carbocycles. The van der Waals surface area contributed by atoms with Gasteiger partial charge < -0.3 is 19.1 Å². The third-order valence-corrected chi connectivity index (χ3v) is 5.99. The van der Waals surface area contributed by atoms with Crippen LogP contribution in [0.4, 0.5) is 5.82 Å². The van der Waals surface area contributed by atoms with E-state index in [4.69, 9.17) is 19.2 Å². The van der Waals surface area contributed by atoms with Crippen molar-refractivity contribution >= 4 is 16.7 Å². The number of tetrazole rings is 1. The van der Waals surface area contributed by atoms with Gasteiger partial charge in [0.2, 0.25) is 11.7 Å². The Labute approximate surface area is 193 Å². The minimum atomic E-state index is -0.125. The van der Waals surface area contributed by atoms with Crippen LogP contribution < -0.4 is 9.64 Å². The van der Waals surface area contributed by atoms with Crippen molar-refractivity contribution in [2.45, 2.75) is 64.3 Å². The van der Waals surface area contributed by atoms with Gasteiger partial charge in [-0.15, -0.1) is 10.2 Å². The van der Waals surface area contributed by atoms with Crippen LogP contribution in [0.2, 0.25) is 0 Å².